The van der Waals surface area contributed by atoms with Crippen LogP contribution in [0.4, 0.5) is 21.8 Å². The van der Waals surface area contributed by atoms with Crippen LogP contribution < -0.4 is 10.6 Å². The number of aromatic nitrogens is 4. The SMILES string of the molecule is Cn1ncc2c(Nc3ccc(F)cc3)nc(NC3CCN(Cc4ccccc4)CC3)nc21. The average Bonchev–Trinajstić information content (AvgIpc) is 3.18. The van der Waals surface area contributed by atoms with Crippen molar-refractivity contribution in [2.45, 2.75) is 25.4 Å². The molecule has 4 aromatic rings. The minimum atomic E-state index is -0.272. The van der Waals surface area contributed by atoms with E-state index >= 15 is 0 Å². The summed E-state index contributed by atoms with van der Waals surface area (Å²) in [5, 5.41) is 11.9. The second-order valence-corrected chi connectivity index (χ2v) is 8.21. The van der Waals surface area contributed by atoms with Gasteiger partial charge in [0.05, 0.1) is 11.6 Å². The van der Waals surface area contributed by atoms with Gasteiger partial charge in [-0.05, 0) is 42.7 Å². The molecule has 1 fully saturated rings. The van der Waals surface area contributed by atoms with E-state index < -0.39 is 0 Å². The number of aryl methyl sites for hydroxylation is 1. The maximum absolute atomic E-state index is 13.3. The van der Waals surface area contributed by atoms with E-state index in [1.807, 2.05) is 7.05 Å². The normalized spacial score (nSPS) is 15.2. The number of hydrogen-bond donors (Lipinski definition) is 2. The van der Waals surface area contributed by atoms with Crippen LogP contribution in [0.1, 0.15) is 18.4 Å². The second-order valence-electron chi connectivity index (χ2n) is 8.21. The Morgan fingerprint density at radius 3 is 2.50 bits per heavy atom. The Balaban J connectivity index is 1.29. The summed E-state index contributed by atoms with van der Waals surface area (Å²) < 4.78 is 15.0. The van der Waals surface area contributed by atoms with E-state index in [4.69, 9.17) is 9.97 Å². The number of nitrogens with zero attached hydrogens (tertiary/aromatic N) is 5. The van der Waals surface area contributed by atoms with Crippen molar-refractivity contribution in [2.24, 2.45) is 7.05 Å². The van der Waals surface area contributed by atoms with Crippen molar-refractivity contribution < 1.29 is 4.39 Å². The van der Waals surface area contributed by atoms with Gasteiger partial charge in [-0.25, -0.2) is 4.39 Å². The highest BCUT2D eigenvalue weighted by atomic mass is 19.1. The second kappa shape index (κ2) is 8.92. The quantitative estimate of drug-likeness (QED) is 0.474. The van der Waals surface area contributed by atoms with Gasteiger partial charge in [-0.2, -0.15) is 15.1 Å². The molecule has 2 N–H and O–H groups in total. The lowest BCUT2D eigenvalue weighted by Gasteiger charge is -2.32. The van der Waals surface area contributed by atoms with Gasteiger partial charge in [-0.15, -0.1) is 0 Å². The van der Waals surface area contributed by atoms with E-state index in [0.29, 0.717) is 17.8 Å². The zero-order valence-corrected chi connectivity index (χ0v) is 18.0. The highest BCUT2D eigenvalue weighted by molar-refractivity contribution is 5.89. The average molecular weight is 432 g/mol. The summed E-state index contributed by atoms with van der Waals surface area (Å²) in [4.78, 5) is 11.9. The summed E-state index contributed by atoms with van der Waals surface area (Å²) in [6.45, 7) is 3.04. The molecule has 0 unspecified atom stereocenters. The lowest BCUT2D eigenvalue weighted by Crippen LogP contribution is -2.39. The number of likely N-dealkylation sites (tertiary alicyclic amines) is 1. The lowest BCUT2D eigenvalue weighted by molar-refractivity contribution is 0.211. The molecule has 32 heavy (non-hydrogen) atoms. The van der Waals surface area contributed by atoms with Gasteiger partial charge in [0.15, 0.2) is 5.65 Å². The molecule has 164 valence electrons. The van der Waals surface area contributed by atoms with Gasteiger partial charge >= 0.3 is 0 Å². The molecule has 0 radical (unpaired) electrons. The number of piperidine rings is 1. The maximum Gasteiger partial charge on any atom is 0.226 e. The van der Waals surface area contributed by atoms with E-state index in [9.17, 15) is 4.39 Å². The molecule has 1 saturated heterocycles. The molecule has 3 heterocycles. The van der Waals surface area contributed by atoms with E-state index in [1.54, 1.807) is 23.0 Å². The molecule has 0 bridgehead atoms. The Hall–Kier alpha value is -3.52. The molecule has 0 atom stereocenters. The molecule has 0 spiro atoms. The Labute approximate surface area is 186 Å². The molecule has 8 heteroatoms. The van der Waals surface area contributed by atoms with E-state index in [0.717, 1.165) is 49.2 Å². The zero-order valence-electron chi connectivity index (χ0n) is 18.0. The lowest BCUT2D eigenvalue weighted by atomic mass is 10.0. The van der Waals surface area contributed by atoms with Crippen LogP contribution in [-0.4, -0.2) is 43.8 Å². The zero-order chi connectivity index (χ0) is 21.9. The third kappa shape index (κ3) is 4.55. The number of benzene rings is 2. The molecular weight excluding hydrogens is 405 g/mol. The van der Waals surface area contributed by atoms with E-state index in [1.165, 1.54) is 17.7 Å². The molecule has 2 aromatic carbocycles. The molecule has 7 nitrogen and oxygen atoms in total. The van der Waals surface area contributed by atoms with Gasteiger partial charge in [0, 0.05) is 38.4 Å². The fourth-order valence-corrected chi connectivity index (χ4v) is 4.11. The van der Waals surface area contributed by atoms with Gasteiger partial charge in [0.2, 0.25) is 5.95 Å². The number of hydrogen-bond acceptors (Lipinski definition) is 6. The molecule has 0 saturated carbocycles. The number of anilines is 3. The summed E-state index contributed by atoms with van der Waals surface area (Å²) in [6.07, 6.45) is 3.80. The van der Waals surface area contributed by atoms with Gasteiger partial charge in [0.25, 0.3) is 0 Å². The molecule has 0 aliphatic carbocycles. The van der Waals surface area contributed by atoms with E-state index in [-0.39, 0.29) is 5.82 Å². The summed E-state index contributed by atoms with van der Waals surface area (Å²) in [5.74, 6) is 0.955. The van der Waals surface area contributed by atoms with Crippen LogP contribution in [-0.2, 0) is 13.6 Å². The molecular formula is C24H26FN7. The summed E-state index contributed by atoms with van der Waals surface area (Å²) in [5.41, 5.74) is 2.85. The predicted molar refractivity (Wildman–Crippen MR) is 124 cm³/mol. The third-order valence-corrected chi connectivity index (χ3v) is 5.87. The highest BCUT2D eigenvalue weighted by Crippen LogP contribution is 2.26. The predicted octanol–water partition coefficient (Wildman–Crippen LogP) is 4.32. The number of fused-ring (bicyclic) bond motifs is 1. The first-order chi connectivity index (χ1) is 15.6. The van der Waals surface area contributed by atoms with Crippen LogP contribution in [0.3, 0.4) is 0 Å². The van der Waals surface area contributed by atoms with Crippen molar-refractivity contribution in [1.29, 1.82) is 0 Å². The van der Waals surface area contributed by atoms with Crippen LogP contribution in [0.2, 0.25) is 0 Å². The van der Waals surface area contributed by atoms with Crippen molar-refractivity contribution in [3.8, 4) is 0 Å². The van der Waals surface area contributed by atoms with Crippen LogP contribution in [0.5, 0.6) is 0 Å². The minimum Gasteiger partial charge on any atom is -0.351 e. The number of nitrogens with one attached hydrogen (secondary N) is 2. The van der Waals surface area contributed by atoms with Crippen molar-refractivity contribution >= 4 is 28.5 Å². The fourth-order valence-electron chi connectivity index (χ4n) is 4.11. The first-order valence-corrected chi connectivity index (χ1v) is 10.9. The first-order valence-electron chi connectivity index (χ1n) is 10.9. The molecule has 1 aliphatic heterocycles. The van der Waals surface area contributed by atoms with Crippen molar-refractivity contribution in [3.63, 3.8) is 0 Å². The fraction of sp³-hybridized carbons (Fsp3) is 0.292. The Kier molecular flexibility index (Phi) is 5.68. The first kappa shape index (κ1) is 20.4. The summed E-state index contributed by atoms with van der Waals surface area (Å²) in [6, 6.07) is 17.1. The Morgan fingerprint density at radius 1 is 1.00 bits per heavy atom. The van der Waals surface area contributed by atoms with Gasteiger partial charge in [-0.3, -0.25) is 9.58 Å². The molecule has 0 amide bonds. The summed E-state index contributed by atoms with van der Waals surface area (Å²) in [7, 11) is 1.86. The third-order valence-electron chi connectivity index (χ3n) is 5.87. The Morgan fingerprint density at radius 2 is 1.75 bits per heavy atom. The smallest absolute Gasteiger partial charge is 0.226 e. The van der Waals surface area contributed by atoms with Gasteiger partial charge in [0.1, 0.15) is 11.6 Å². The standard InChI is InChI=1S/C24H26FN7/c1-31-23-21(15-26-31)22(27-19-9-7-18(25)8-10-19)29-24(30-23)28-20-11-13-32(14-12-20)16-17-5-3-2-4-6-17/h2-10,15,20H,11-14,16H2,1H3,(H2,27,28,29,30). The van der Waals surface area contributed by atoms with Crippen molar-refractivity contribution in [2.75, 3.05) is 23.7 Å². The summed E-state index contributed by atoms with van der Waals surface area (Å²) >= 11 is 0. The monoisotopic (exact) mass is 431 g/mol. The molecule has 2 aromatic heterocycles. The highest BCUT2D eigenvalue weighted by Gasteiger charge is 2.21. The van der Waals surface area contributed by atoms with Crippen LogP contribution >= 0.6 is 0 Å². The number of halogens is 1. The minimum absolute atomic E-state index is 0.272. The topological polar surface area (TPSA) is 70.9 Å². The van der Waals surface area contributed by atoms with E-state index in [2.05, 4.69) is 51.0 Å². The van der Waals surface area contributed by atoms with Crippen molar-refractivity contribution in [3.05, 3.63) is 72.2 Å². The largest absolute Gasteiger partial charge is 0.351 e. The molecule has 1 aliphatic rings. The Bertz CT molecular complexity index is 1180. The number of rotatable bonds is 6. The van der Waals surface area contributed by atoms with Crippen LogP contribution in [0.25, 0.3) is 11.0 Å². The maximum atomic E-state index is 13.3. The van der Waals surface area contributed by atoms with Crippen molar-refractivity contribution in [1.82, 2.24) is 24.6 Å². The van der Waals surface area contributed by atoms with Crippen LogP contribution in [0.15, 0.2) is 60.8 Å². The molecule has 5 rings (SSSR count). The van der Waals surface area contributed by atoms with Gasteiger partial charge < -0.3 is 10.6 Å². The van der Waals surface area contributed by atoms with Gasteiger partial charge in [-0.1, -0.05) is 30.3 Å². The van der Waals surface area contributed by atoms with Crippen LogP contribution in [0, 0.1) is 5.82 Å².